The molecule has 0 atom stereocenters. The molecule has 0 unspecified atom stereocenters. The molecule has 1 amide bonds. The van der Waals surface area contributed by atoms with Crippen LogP contribution < -0.4 is 16.0 Å². The minimum absolute atomic E-state index is 0.247. The smallest absolute Gasteiger partial charge is 0.257 e. The Hall–Kier alpha value is -4.33. The van der Waals surface area contributed by atoms with E-state index in [1.165, 1.54) is 0 Å². The molecule has 3 aromatic heterocycles. The second-order valence-electron chi connectivity index (χ2n) is 7.65. The summed E-state index contributed by atoms with van der Waals surface area (Å²) in [5, 5.41) is 2.87. The number of carbonyl (C=O) groups excluding carboxylic acids is 1. The molecule has 32 heavy (non-hydrogen) atoms. The number of nitrogen functional groups attached to an aromatic ring is 1. The zero-order valence-electron chi connectivity index (χ0n) is 17.7. The maximum Gasteiger partial charge on any atom is 0.257 e. The van der Waals surface area contributed by atoms with E-state index in [-0.39, 0.29) is 18.3 Å². The number of amides is 1. The molecule has 0 bridgehead atoms. The van der Waals surface area contributed by atoms with Crippen LogP contribution in [-0.2, 0) is 6.54 Å². The molecule has 0 aliphatic heterocycles. The third-order valence-electron chi connectivity index (χ3n) is 5.35. The van der Waals surface area contributed by atoms with Gasteiger partial charge in [-0.3, -0.25) is 9.36 Å². The topological polar surface area (TPSA) is 102 Å². The number of nitrogens with two attached hydrogens (primary N) is 1. The fraction of sp³-hybridized carbons (Fsp3) is 0.125. The van der Waals surface area contributed by atoms with Crippen molar-refractivity contribution in [2.45, 2.75) is 6.54 Å². The van der Waals surface area contributed by atoms with Gasteiger partial charge in [0.05, 0.1) is 23.8 Å². The van der Waals surface area contributed by atoms with Gasteiger partial charge in [0, 0.05) is 25.5 Å². The van der Waals surface area contributed by atoms with E-state index in [1.807, 2.05) is 67.5 Å². The van der Waals surface area contributed by atoms with Crippen molar-refractivity contribution < 1.29 is 9.21 Å². The molecule has 160 valence electrons. The number of benzene rings is 2. The van der Waals surface area contributed by atoms with Crippen LogP contribution in [-0.4, -0.2) is 34.5 Å². The van der Waals surface area contributed by atoms with Crippen molar-refractivity contribution >= 4 is 39.6 Å². The van der Waals surface area contributed by atoms with E-state index in [9.17, 15) is 4.79 Å². The van der Waals surface area contributed by atoms with Gasteiger partial charge in [-0.15, -0.1) is 0 Å². The lowest BCUT2D eigenvalue weighted by atomic mass is 10.2. The second-order valence-corrected chi connectivity index (χ2v) is 7.65. The summed E-state index contributed by atoms with van der Waals surface area (Å²) < 4.78 is 7.09. The summed E-state index contributed by atoms with van der Waals surface area (Å²) in [5.74, 6) is 0.596. The summed E-state index contributed by atoms with van der Waals surface area (Å²) in [4.78, 5) is 24.7. The first-order valence-electron chi connectivity index (χ1n) is 10.2. The van der Waals surface area contributed by atoms with E-state index in [1.54, 1.807) is 23.0 Å². The zero-order valence-corrected chi connectivity index (χ0v) is 17.7. The quantitative estimate of drug-likeness (QED) is 0.444. The Morgan fingerprint density at radius 2 is 1.75 bits per heavy atom. The number of aromatic nitrogens is 3. The van der Waals surface area contributed by atoms with Gasteiger partial charge in [0.25, 0.3) is 5.91 Å². The average molecular weight is 426 g/mol. The third kappa shape index (κ3) is 3.31. The second kappa shape index (κ2) is 7.73. The number of furan rings is 1. The van der Waals surface area contributed by atoms with Gasteiger partial charge in [0.1, 0.15) is 22.7 Å². The average Bonchev–Trinajstić information content (AvgIpc) is 3.41. The molecular weight excluding hydrogens is 404 g/mol. The molecule has 5 aromatic rings. The van der Waals surface area contributed by atoms with Gasteiger partial charge in [-0.05, 0) is 48.5 Å². The molecule has 2 aromatic carbocycles. The number of nitrogens with zero attached hydrogens (tertiary/aromatic N) is 4. The van der Waals surface area contributed by atoms with Crippen LogP contribution in [0, 0.1) is 0 Å². The Morgan fingerprint density at radius 1 is 1.03 bits per heavy atom. The standard InChI is InChI=1S/C24H22N6O2/c1-29(2)15-9-11-16(12-10-15)30-22(25)20(24(31)26-14-17-6-5-13-32-17)21-23(30)28-19-8-4-3-7-18(19)27-21/h3-13H,14,25H2,1-2H3,(H,26,31). The number of hydrogen-bond donors (Lipinski definition) is 2. The minimum atomic E-state index is -0.336. The van der Waals surface area contributed by atoms with Crippen LogP contribution in [0.1, 0.15) is 16.1 Å². The summed E-state index contributed by atoms with van der Waals surface area (Å²) >= 11 is 0. The molecule has 0 saturated carbocycles. The van der Waals surface area contributed by atoms with Crippen molar-refractivity contribution in [3.63, 3.8) is 0 Å². The fourth-order valence-electron chi connectivity index (χ4n) is 3.72. The summed E-state index contributed by atoms with van der Waals surface area (Å²) in [5.41, 5.74) is 11.1. The highest BCUT2D eigenvalue weighted by atomic mass is 16.3. The van der Waals surface area contributed by atoms with Gasteiger partial charge in [0.15, 0.2) is 5.65 Å². The van der Waals surface area contributed by atoms with Crippen molar-refractivity contribution in [1.29, 1.82) is 0 Å². The summed E-state index contributed by atoms with van der Waals surface area (Å²) in [6.07, 6.45) is 1.57. The first kappa shape index (κ1) is 19.6. The molecule has 0 radical (unpaired) electrons. The summed E-state index contributed by atoms with van der Waals surface area (Å²) in [7, 11) is 3.96. The molecular formula is C24H22N6O2. The lowest BCUT2D eigenvalue weighted by Gasteiger charge is -2.14. The predicted octanol–water partition coefficient (Wildman–Crippen LogP) is 3.74. The largest absolute Gasteiger partial charge is 0.467 e. The highest BCUT2D eigenvalue weighted by Crippen LogP contribution is 2.31. The van der Waals surface area contributed by atoms with Crippen LogP contribution >= 0.6 is 0 Å². The minimum Gasteiger partial charge on any atom is -0.467 e. The first-order chi connectivity index (χ1) is 15.5. The summed E-state index contributed by atoms with van der Waals surface area (Å²) in [6, 6.07) is 19.0. The van der Waals surface area contributed by atoms with Gasteiger partial charge < -0.3 is 20.4 Å². The number of carbonyl (C=O) groups is 1. The molecule has 8 heteroatoms. The van der Waals surface area contributed by atoms with Gasteiger partial charge in [-0.1, -0.05) is 12.1 Å². The van der Waals surface area contributed by atoms with Gasteiger partial charge >= 0.3 is 0 Å². The van der Waals surface area contributed by atoms with Crippen LogP contribution in [0.2, 0.25) is 0 Å². The number of fused-ring (bicyclic) bond motifs is 2. The SMILES string of the molecule is CN(C)c1ccc(-n2c(N)c(C(=O)NCc3ccco3)c3nc4ccccc4nc32)cc1. The number of hydrogen-bond acceptors (Lipinski definition) is 6. The van der Waals surface area contributed by atoms with Crippen molar-refractivity contribution in [3.05, 3.63) is 78.3 Å². The van der Waals surface area contributed by atoms with Crippen molar-refractivity contribution in [2.75, 3.05) is 24.7 Å². The van der Waals surface area contributed by atoms with Gasteiger partial charge in [-0.2, -0.15) is 0 Å². The van der Waals surface area contributed by atoms with E-state index in [4.69, 9.17) is 20.1 Å². The van der Waals surface area contributed by atoms with Crippen LogP contribution in [0.4, 0.5) is 11.5 Å². The molecule has 0 aliphatic rings. The van der Waals surface area contributed by atoms with Crippen LogP contribution in [0.5, 0.6) is 0 Å². The lowest BCUT2D eigenvalue weighted by Crippen LogP contribution is -2.23. The van der Waals surface area contributed by atoms with Crippen molar-refractivity contribution in [2.24, 2.45) is 0 Å². The number of nitrogens with one attached hydrogen (secondary N) is 1. The zero-order chi connectivity index (χ0) is 22.2. The van der Waals surface area contributed by atoms with Crippen LogP contribution in [0.3, 0.4) is 0 Å². The fourth-order valence-corrected chi connectivity index (χ4v) is 3.72. The molecule has 0 aliphatic carbocycles. The van der Waals surface area contributed by atoms with Crippen LogP contribution in [0.25, 0.3) is 27.9 Å². The Morgan fingerprint density at radius 3 is 2.41 bits per heavy atom. The van der Waals surface area contributed by atoms with Crippen LogP contribution in [0.15, 0.2) is 71.3 Å². The number of anilines is 2. The summed E-state index contributed by atoms with van der Waals surface area (Å²) in [6.45, 7) is 0.247. The van der Waals surface area contributed by atoms with E-state index in [2.05, 4.69) is 5.32 Å². The maximum absolute atomic E-state index is 13.2. The Bertz CT molecular complexity index is 1420. The highest BCUT2D eigenvalue weighted by molar-refractivity contribution is 6.11. The van der Waals surface area contributed by atoms with E-state index >= 15 is 0 Å². The lowest BCUT2D eigenvalue weighted by molar-refractivity contribution is 0.0950. The number of para-hydroxylation sites is 2. The Balaban J connectivity index is 1.68. The predicted molar refractivity (Wildman–Crippen MR) is 125 cm³/mol. The Labute approximate surface area is 184 Å². The first-order valence-corrected chi connectivity index (χ1v) is 10.2. The molecule has 0 fully saturated rings. The van der Waals surface area contributed by atoms with E-state index < -0.39 is 0 Å². The van der Waals surface area contributed by atoms with Gasteiger partial charge in [-0.25, -0.2) is 9.97 Å². The molecule has 3 N–H and O–H groups in total. The molecule has 0 saturated heterocycles. The highest BCUT2D eigenvalue weighted by Gasteiger charge is 2.25. The van der Waals surface area contributed by atoms with E-state index in [0.717, 1.165) is 16.9 Å². The van der Waals surface area contributed by atoms with E-state index in [0.29, 0.717) is 28.0 Å². The number of rotatable bonds is 5. The normalized spacial score (nSPS) is 11.2. The van der Waals surface area contributed by atoms with Crippen molar-refractivity contribution in [3.8, 4) is 5.69 Å². The van der Waals surface area contributed by atoms with Crippen molar-refractivity contribution in [1.82, 2.24) is 19.9 Å². The van der Waals surface area contributed by atoms with Gasteiger partial charge in [0.2, 0.25) is 0 Å². The molecule has 5 rings (SSSR count). The molecule has 8 nitrogen and oxygen atoms in total. The molecule has 0 spiro atoms. The monoisotopic (exact) mass is 426 g/mol. The molecule has 3 heterocycles. The Kier molecular flexibility index (Phi) is 4.74. The third-order valence-corrected chi connectivity index (χ3v) is 5.35. The maximum atomic E-state index is 13.2.